The lowest BCUT2D eigenvalue weighted by Crippen LogP contribution is -2.40. The van der Waals surface area contributed by atoms with Crippen LogP contribution in [0, 0.1) is 0 Å². The normalized spacial score (nSPS) is 19.7. The second-order valence-corrected chi connectivity index (χ2v) is 6.66. The van der Waals surface area contributed by atoms with E-state index in [9.17, 15) is 0 Å². The van der Waals surface area contributed by atoms with Crippen LogP contribution in [0.5, 0.6) is 0 Å². The van der Waals surface area contributed by atoms with Gasteiger partial charge in [0.25, 0.3) is 0 Å². The van der Waals surface area contributed by atoms with E-state index in [0.717, 1.165) is 41.1 Å². The highest BCUT2D eigenvalue weighted by molar-refractivity contribution is 9.10. The highest BCUT2D eigenvalue weighted by Crippen LogP contribution is 2.25. The molecule has 0 spiro atoms. The van der Waals surface area contributed by atoms with Gasteiger partial charge in [0, 0.05) is 31.8 Å². The number of aliphatic imine (C=N–C) groups is 1. The smallest absolute Gasteiger partial charge is 0.191 e. The van der Waals surface area contributed by atoms with Crippen LogP contribution in [0.2, 0.25) is 0 Å². The van der Waals surface area contributed by atoms with E-state index in [1.807, 2.05) is 12.1 Å². The van der Waals surface area contributed by atoms with E-state index in [4.69, 9.17) is 4.42 Å². The Kier molecular flexibility index (Phi) is 6.10. The Morgan fingerprint density at radius 3 is 3.05 bits per heavy atom. The van der Waals surface area contributed by atoms with Crippen LogP contribution in [-0.2, 0) is 6.42 Å². The second kappa shape index (κ2) is 7.85. The zero-order valence-corrected chi connectivity index (χ0v) is 13.5. The minimum Gasteiger partial charge on any atom is -0.454 e. The summed E-state index contributed by atoms with van der Waals surface area (Å²) in [5.74, 6) is 3.14. The Hall–Kier alpha value is -0.620. The molecule has 1 atom stereocenters. The molecule has 19 heavy (non-hydrogen) atoms. The van der Waals surface area contributed by atoms with Crippen molar-refractivity contribution in [2.45, 2.75) is 24.5 Å². The summed E-state index contributed by atoms with van der Waals surface area (Å²) >= 11 is 5.36. The van der Waals surface area contributed by atoms with Crippen LogP contribution in [0.25, 0.3) is 0 Å². The molecule has 1 unspecified atom stereocenters. The fraction of sp³-hybridized carbons (Fsp3) is 0.615. The molecule has 0 amide bonds. The third kappa shape index (κ3) is 5.10. The minimum absolute atomic E-state index is 0.736. The first-order valence-electron chi connectivity index (χ1n) is 6.58. The molecule has 0 saturated carbocycles. The van der Waals surface area contributed by atoms with Crippen LogP contribution < -0.4 is 10.6 Å². The summed E-state index contributed by atoms with van der Waals surface area (Å²) in [5.41, 5.74) is 0. The van der Waals surface area contributed by atoms with Crippen LogP contribution >= 0.6 is 27.7 Å². The first-order valence-corrected chi connectivity index (χ1v) is 8.42. The topological polar surface area (TPSA) is 49.6 Å². The first-order chi connectivity index (χ1) is 9.28. The summed E-state index contributed by atoms with van der Waals surface area (Å²) < 4.78 is 6.23. The third-order valence-corrected chi connectivity index (χ3v) is 4.86. The highest BCUT2D eigenvalue weighted by atomic mass is 79.9. The number of hydrogen-bond donors (Lipinski definition) is 2. The molecule has 1 saturated heterocycles. The number of guanidine groups is 1. The van der Waals surface area contributed by atoms with Gasteiger partial charge in [-0.1, -0.05) is 0 Å². The number of nitrogens with zero attached hydrogens (tertiary/aromatic N) is 1. The number of halogens is 1. The molecule has 106 valence electrons. The lowest BCUT2D eigenvalue weighted by atomic mass is 10.2. The third-order valence-electron chi connectivity index (χ3n) is 3.04. The predicted molar refractivity (Wildman–Crippen MR) is 85.0 cm³/mol. The zero-order chi connectivity index (χ0) is 13.5. The monoisotopic (exact) mass is 345 g/mol. The quantitative estimate of drug-likeness (QED) is 0.636. The van der Waals surface area contributed by atoms with Gasteiger partial charge in [-0.2, -0.15) is 11.8 Å². The zero-order valence-electron chi connectivity index (χ0n) is 11.1. The standard InChI is InChI=1S/C13H20BrN3OS/c1-15-13(17-9-11-3-2-8-19-11)16-7-6-10-4-5-12(14)18-10/h4-5,11H,2-3,6-9H2,1H3,(H2,15,16,17). The number of nitrogens with one attached hydrogen (secondary N) is 2. The van der Waals surface area contributed by atoms with Gasteiger partial charge >= 0.3 is 0 Å². The Morgan fingerprint density at radius 2 is 2.42 bits per heavy atom. The van der Waals surface area contributed by atoms with Crippen molar-refractivity contribution in [3.63, 3.8) is 0 Å². The molecule has 4 nitrogen and oxygen atoms in total. The molecule has 1 aromatic rings. The van der Waals surface area contributed by atoms with Crippen molar-refractivity contribution in [2.75, 3.05) is 25.9 Å². The average Bonchev–Trinajstić information content (AvgIpc) is 3.05. The van der Waals surface area contributed by atoms with Crippen molar-refractivity contribution in [1.82, 2.24) is 10.6 Å². The summed E-state index contributed by atoms with van der Waals surface area (Å²) in [4.78, 5) is 4.23. The molecule has 0 bridgehead atoms. The summed E-state index contributed by atoms with van der Waals surface area (Å²) in [6.45, 7) is 1.81. The average molecular weight is 346 g/mol. The van der Waals surface area contributed by atoms with Crippen LogP contribution in [0.3, 0.4) is 0 Å². The first kappa shape index (κ1) is 14.8. The maximum absolute atomic E-state index is 5.45. The SMILES string of the molecule is CN=C(NCCc1ccc(Br)o1)NCC1CCCS1. The van der Waals surface area contributed by atoms with E-state index in [-0.39, 0.29) is 0 Å². The number of thioether (sulfide) groups is 1. The highest BCUT2D eigenvalue weighted by Gasteiger charge is 2.15. The Bertz CT molecular complexity index is 416. The van der Waals surface area contributed by atoms with E-state index in [0.29, 0.717) is 0 Å². The molecule has 1 aliphatic rings. The van der Waals surface area contributed by atoms with Crippen LogP contribution in [0.1, 0.15) is 18.6 Å². The van der Waals surface area contributed by atoms with E-state index >= 15 is 0 Å². The van der Waals surface area contributed by atoms with Gasteiger partial charge in [0.1, 0.15) is 5.76 Å². The molecule has 2 N–H and O–H groups in total. The maximum Gasteiger partial charge on any atom is 0.191 e. The van der Waals surface area contributed by atoms with Crippen molar-refractivity contribution in [2.24, 2.45) is 4.99 Å². The Balaban J connectivity index is 1.64. The van der Waals surface area contributed by atoms with Gasteiger partial charge in [-0.3, -0.25) is 4.99 Å². The molecule has 0 radical (unpaired) electrons. The fourth-order valence-electron chi connectivity index (χ4n) is 2.03. The number of furan rings is 1. The fourth-order valence-corrected chi connectivity index (χ4v) is 3.57. The van der Waals surface area contributed by atoms with E-state index < -0.39 is 0 Å². The van der Waals surface area contributed by atoms with Crippen molar-refractivity contribution >= 4 is 33.7 Å². The molecule has 1 aromatic heterocycles. The number of rotatable bonds is 5. The largest absolute Gasteiger partial charge is 0.454 e. The van der Waals surface area contributed by atoms with Gasteiger partial charge in [-0.25, -0.2) is 0 Å². The maximum atomic E-state index is 5.45. The summed E-state index contributed by atoms with van der Waals surface area (Å²) in [7, 11) is 1.81. The van der Waals surface area contributed by atoms with Gasteiger partial charge < -0.3 is 15.1 Å². The van der Waals surface area contributed by atoms with Gasteiger partial charge in [0.2, 0.25) is 0 Å². The molecular formula is C13H20BrN3OS. The lowest BCUT2D eigenvalue weighted by Gasteiger charge is -2.14. The van der Waals surface area contributed by atoms with Crippen molar-refractivity contribution in [1.29, 1.82) is 0 Å². The van der Waals surface area contributed by atoms with Crippen LogP contribution in [-0.4, -0.2) is 37.1 Å². The van der Waals surface area contributed by atoms with Gasteiger partial charge in [0.05, 0.1) is 0 Å². The summed E-state index contributed by atoms with van der Waals surface area (Å²) in [6.07, 6.45) is 3.51. The molecule has 6 heteroatoms. The van der Waals surface area contributed by atoms with Gasteiger partial charge in [-0.05, 0) is 46.7 Å². The predicted octanol–water partition coefficient (Wildman–Crippen LogP) is 2.65. The molecule has 2 heterocycles. The van der Waals surface area contributed by atoms with E-state index in [1.165, 1.54) is 18.6 Å². The molecular weight excluding hydrogens is 326 g/mol. The molecule has 1 aliphatic heterocycles. The molecule has 2 rings (SSSR count). The summed E-state index contributed by atoms with van der Waals surface area (Å²) in [6, 6.07) is 3.90. The van der Waals surface area contributed by atoms with Crippen molar-refractivity contribution in [3.8, 4) is 0 Å². The molecule has 0 aromatic carbocycles. The Labute approximate surface area is 126 Å². The van der Waals surface area contributed by atoms with Crippen molar-refractivity contribution < 1.29 is 4.42 Å². The van der Waals surface area contributed by atoms with E-state index in [1.54, 1.807) is 7.05 Å². The lowest BCUT2D eigenvalue weighted by molar-refractivity contribution is 0.486. The minimum atomic E-state index is 0.736. The van der Waals surface area contributed by atoms with Crippen LogP contribution in [0.15, 0.2) is 26.2 Å². The van der Waals surface area contributed by atoms with Gasteiger partial charge in [0.15, 0.2) is 10.6 Å². The molecule has 0 aliphatic carbocycles. The molecule has 1 fully saturated rings. The number of hydrogen-bond acceptors (Lipinski definition) is 3. The van der Waals surface area contributed by atoms with Crippen LogP contribution in [0.4, 0.5) is 0 Å². The van der Waals surface area contributed by atoms with Gasteiger partial charge in [-0.15, -0.1) is 0 Å². The Morgan fingerprint density at radius 1 is 1.53 bits per heavy atom. The second-order valence-electron chi connectivity index (χ2n) is 4.47. The summed E-state index contributed by atoms with van der Waals surface area (Å²) in [5, 5.41) is 7.42. The van der Waals surface area contributed by atoms with E-state index in [2.05, 4.69) is 43.3 Å². The van der Waals surface area contributed by atoms with Crippen molar-refractivity contribution in [3.05, 3.63) is 22.6 Å².